The highest BCUT2D eigenvalue weighted by molar-refractivity contribution is 5.74. The molecular weight excluding hydrogens is 320 g/mol. The minimum absolute atomic E-state index is 0.418. The Morgan fingerprint density at radius 2 is 1.96 bits per heavy atom. The molecule has 1 fully saturated rings. The van der Waals surface area contributed by atoms with E-state index in [9.17, 15) is 9.90 Å². The lowest BCUT2D eigenvalue weighted by Gasteiger charge is -2.32. The third kappa shape index (κ3) is 3.34. The maximum atomic E-state index is 11.6. The number of carbonyl (C=O) groups is 1. The SMILES string of the molecule is O=C(O)[C@H]1Cc2nc[nH]c2CN1Cc1cnc(N2CCCCC2)nc1. The van der Waals surface area contributed by atoms with Crippen LogP contribution in [0.1, 0.15) is 36.2 Å². The second kappa shape index (κ2) is 6.79. The molecule has 8 nitrogen and oxygen atoms in total. The predicted molar refractivity (Wildman–Crippen MR) is 91.1 cm³/mol. The van der Waals surface area contributed by atoms with Crippen LogP contribution >= 0.6 is 0 Å². The van der Waals surface area contributed by atoms with Crippen molar-refractivity contribution < 1.29 is 9.90 Å². The molecule has 0 saturated carbocycles. The van der Waals surface area contributed by atoms with Crippen molar-refractivity contribution in [3.63, 3.8) is 0 Å². The van der Waals surface area contributed by atoms with Gasteiger partial charge in [-0.2, -0.15) is 0 Å². The molecule has 0 unspecified atom stereocenters. The summed E-state index contributed by atoms with van der Waals surface area (Å²) < 4.78 is 0. The van der Waals surface area contributed by atoms with E-state index in [1.807, 2.05) is 17.3 Å². The molecule has 0 bridgehead atoms. The van der Waals surface area contributed by atoms with Crippen molar-refractivity contribution in [2.75, 3.05) is 18.0 Å². The summed E-state index contributed by atoms with van der Waals surface area (Å²) in [5.74, 6) is -0.0489. The van der Waals surface area contributed by atoms with Gasteiger partial charge >= 0.3 is 5.97 Å². The average molecular weight is 342 g/mol. The molecule has 25 heavy (non-hydrogen) atoms. The van der Waals surface area contributed by atoms with Crippen LogP contribution in [0.4, 0.5) is 5.95 Å². The monoisotopic (exact) mass is 342 g/mol. The first-order valence-corrected chi connectivity index (χ1v) is 8.74. The van der Waals surface area contributed by atoms with Gasteiger partial charge in [0.25, 0.3) is 0 Å². The van der Waals surface area contributed by atoms with Crippen LogP contribution in [-0.2, 0) is 24.3 Å². The number of aromatic nitrogens is 4. The average Bonchev–Trinajstić information content (AvgIpc) is 3.10. The highest BCUT2D eigenvalue weighted by atomic mass is 16.4. The molecule has 1 saturated heterocycles. The molecule has 2 N–H and O–H groups in total. The maximum absolute atomic E-state index is 11.6. The number of imidazole rings is 1. The minimum Gasteiger partial charge on any atom is -0.480 e. The third-order valence-electron chi connectivity index (χ3n) is 5.00. The molecule has 0 radical (unpaired) electrons. The molecule has 1 atom stereocenters. The number of aromatic amines is 1. The fourth-order valence-electron chi connectivity index (χ4n) is 3.62. The molecule has 4 heterocycles. The Morgan fingerprint density at radius 1 is 1.20 bits per heavy atom. The molecule has 2 aromatic rings. The van der Waals surface area contributed by atoms with Crippen molar-refractivity contribution in [3.8, 4) is 0 Å². The zero-order valence-electron chi connectivity index (χ0n) is 14.1. The Bertz CT molecular complexity index is 738. The van der Waals surface area contributed by atoms with Gasteiger partial charge in [-0.05, 0) is 19.3 Å². The lowest BCUT2D eigenvalue weighted by molar-refractivity contribution is -0.144. The van der Waals surface area contributed by atoms with E-state index < -0.39 is 12.0 Å². The van der Waals surface area contributed by atoms with E-state index in [1.165, 1.54) is 19.3 Å². The Morgan fingerprint density at radius 3 is 2.68 bits per heavy atom. The summed E-state index contributed by atoms with van der Waals surface area (Å²) in [6.07, 6.45) is 9.33. The lowest BCUT2D eigenvalue weighted by Crippen LogP contribution is -2.45. The van der Waals surface area contributed by atoms with Crippen molar-refractivity contribution in [1.82, 2.24) is 24.8 Å². The topological polar surface area (TPSA) is 98.2 Å². The minimum atomic E-state index is -0.820. The summed E-state index contributed by atoms with van der Waals surface area (Å²) in [7, 11) is 0. The standard InChI is InChI=1S/C17H22N6O2/c24-16(25)15-6-13-14(21-11-20-13)10-23(15)9-12-7-18-17(19-8-12)22-4-2-1-3-5-22/h7-8,11,15H,1-6,9-10H2,(H,20,21)(H,24,25)/t15-/m1/s1. The number of nitrogens with one attached hydrogen (secondary N) is 1. The molecule has 2 aromatic heterocycles. The Kier molecular flexibility index (Phi) is 4.35. The maximum Gasteiger partial charge on any atom is 0.321 e. The number of fused-ring (bicyclic) bond motifs is 1. The normalized spacial score (nSPS) is 21.1. The number of hydrogen-bond acceptors (Lipinski definition) is 6. The van der Waals surface area contributed by atoms with Crippen molar-refractivity contribution in [2.24, 2.45) is 0 Å². The quantitative estimate of drug-likeness (QED) is 0.861. The first-order chi connectivity index (χ1) is 12.2. The third-order valence-corrected chi connectivity index (χ3v) is 5.00. The number of nitrogens with zero attached hydrogens (tertiary/aromatic N) is 5. The van der Waals surface area contributed by atoms with Gasteiger partial charge < -0.3 is 15.0 Å². The second-order valence-electron chi connectivity index (χ2n) is 6.73. The number of anilines is 1. The van der Waals surface area contributed by atoms with Crippen molar-refractivity contribution in [2.45, 2.75) is 44.8 Å². The summed E-state index contributed by atoms with van der Waals surface area (Å²) in [5, 5.41) is 9.55. The second-order valence-corrected chi connectivity index (χ2v) is 6.73. The van der Waals surface area contributed by atoms with Gasteiger partial charge in [-0.1, -0.05) is 0 Å². The fraction of sp³-hybridized carbons (Fsp3) is 0.529. The van der Waals surface area contributed by atoms with Gasteiger partial charge in [-0.3, -0.25) is 9.69 Å². The van der Waals surface area contributed by atoms with Gasteiger partial charge in [0.15, 0.2) is 0 Å². The van der Waals surface area contributed by atoms with Crippen LogP contribution in [0, 0.1) is 0 Å². The molecule has 8 heteroatoms. The molecule has 132 valence electrons. The fourth-order valence-corrected chi connectivity index (χ4v) is 3.62. The van der Waals surface area contributed by atoms with E-state index in [1.54, 1.807) is 6.33 Å². The van der Waals surface area contributed by atoms with Gasteiger partial charge in [0.2, 0.25) is 5.95 Å². The first kappa shape index (κ1) is 16.0. The lowest BCUT2D eigenvalue weighted by atomic mass is 10.0. The van der Waals surface area contributed by atoms with Crippen molar-refractivity contribution >= 4 is 11.9 Å². The highest BCUT2D eigenvalue weighted by Gasteiger charge is 2.33. The van der Waals surface area contributed by atoms with Gasteiger partial charge in [-0.25, -0.2) is 15.0 Å². The van der Waals surface area contributed by atoms with Gasteiger partial charge in [-0.15, -0.1) is 0 Å². The number of piperidine rings is 1. The summed E-state index contributed by atoms with van der Waals surface area (Å²) in [5.41, 5.74) is 2.76. The van der Waals surface area contributed by atoms with Gasteiger partial charge in [0, 0.05) is 50.6 Å². The Balaban J connectivity index is 1.47. The number of carboxylic acid groups (broad SMARTS) is 1. The van der Waals surface area contributed by atoms with Crippen molar-refractivity contribution in [3.05, 3.63) is 35.7 Å². The van der Waals surface area contributed by atoms with Crippen LogP contribution in [0.15, 0.2) is 18.7 Å². The number of rotatable bonds is 4. The number of aliphatic carboxylic acids is 1. The van der Waals surface area contributed by atoms with E-state index in [0.717, 1.165) is 36.0 Å². The van der Waals surface area contributed by atoms with E-state index in [4.69, 9.17) is 0 Å². The number of carboxylic acids is 1. The van der Waals surface area contributed by atoms with E-state index in [-0.39, 0.29) is 0 Å². The van der Waals surface area contributed by atoms with Crippen LogP contribution in [0.25, 0.3) is 0 Å². The van der Waals surface area contributed by atoms with Crippen LogP contribution < -0.4 is 4.90 Å². The first-order valence-electron chi connectivity index (χ1n) is 8.74. The number of hydrogen-bond donors (Lipinski definition) is 2. The van der Waals surface area contributed by atoms with E-state index in [0.29, 0.717) is 19.5 Å². The molecule has 0 aliphatic carbocycles. The Hall–Kier alpha value is -2.48. The van der Waals surface area contributed by atoms with Crippen LogP contribution in [0.3, 0.4) is 0 Å². The zero-order chi connectivity index (χ0) is 17.2. The summed E-state index contributed by atoms with van der Waals surface area (Å²) in [6, 6.07) is -0.572. The molecule has 0 aromatic carbocycles. The summed E-state index contributed by atoms with van der Waals surface area (Å²) in [6.45, 7) is 3.07. The molecule has 0 amide bonds. The Labute approximate surface area is 145 Å². The van der Waals surface area contributed by atoms with Gasteiger partial charge in [0.1, 0.15) is 6.04 Å². The number of H-pyrrole nitrogens is 1. The van der Waals surface area contributed by atoms with E-state index in [2.05, 4.69) is 24.8 Å². The zero-order valence-corrected chi connectivity index (χ0v) is 14.1. The summed E-state index contributed by atoms with van der Waals surface area (Å²) >= 11 is 0. The molecule has 2 aliphatic heterocycles. The predicted octanol–water partition coefficient (Wildman–Crippen LogP) is 1.20. The van der Waals surface area contributed by atoms with Crippen LogP contribution in [-0.4, -0.2) is 55.0 Å². The van der Waals surface area contributed by atoms with E-state index >= 15 is 0 Å². The largest absolute Gasteiger partial charge is 0.480 e. The smallest absolute Gasteiger partial charge is 0.321 e. The van der Waals surface area contributed by atoms with Gasteiger partial charge in [0.05, 0.1) is 17.7 Å². The van der Waals surface area contributed by atoms with Crippen LogP contribution in [0.2, 0.25) is 0 Å². The van der Waals surface area contributed by atoms with Crippen LogP contribution in [0.5, 0.6) is 0 Å². The summed E-state index contributed by atoms with van der Waals surface area (Å²) in [4.78, 5) is 32.1. The van der Waals surface area contributed by atoms with Crippen molar-refractivity contribution in [1.29, 1.82) is 0 Å². The molecular formula is C17H22N6O2. The molecule has 4 rings (SSSR count). The molecule has 2 aliphatic rings. The molecule has 0 spiro atoms. The highest BCUT2D eigenvalue weighted by Crippen LogP contribution is 2.23.